The van der Waals surface area contributed by atoms with Crippen LogP contribution in [-0.4, -0.2) is 58.9 Å². The third kappa shape index (κ3) is 7.02. The summed E-state index contributed by atoms with van der Waals surface area (Å²) in [4.78, 5) is 16.0. The molecule has 0 saturated heterocycles. The van der Waals surface area contributed by atoms with Crippen LogP contribution in [-0.2, 0) is 21.4 Å². The molecule has 11 heteroatoms. The van der Waals surface area contributed by atoms with Crippen molar-refractivity contribution in [3.05, 3.63) is 41.2 Å². The molecule has 2 aromatic rings. The van der Waals surface area contributed by atoms with Gasteiger partial charge in [0.25, 0.3) is 0 Å². The molecule has 0 saturated carbocycles. The molecule has 0 radical (unpaired) electrons. The van der Waals surface area contributed by atoms with Crippen molar-refractivity contribution < 1.29 is 13.2 Å². The second kappa shape index (κ2) is 9.18. The highest BCUT2D eigenvalue weighted by Crippen LogP contribution is 2.13. The van der Waals surface area contributed by atoms with Crippen LogP contribution < -0.4 is 5.32 Å². The van der Waals surface area contributed by atoms with E-state index in [9.17, 15) is 13.2 Å². The molecule has 0 spiro atoms. The molecule has 0 fully saturated rings. The summed E-state index contributed by atoms with van der Waals surface area (Å²) < 4.78 is 25.0. The number of aromatic nitrogens is 3. The van der Waals surface area contributed by atoms with Gasteiger partial charge in [-0.2, -0.15) is 9.40 Å². The Morgan fingerprint density at radius 3 is 2.68 bits per heavy atom. The zero-order chi connectivity index (χ0) is 18.3. The van der Waals surface area contributed by atoms with Crippen molar-refractivity contribution in [1.82, 2.24) is 24.8 Å². The number of benzene rings is 1. The summed E-state index contributed by atoms with van der Waals surface area (Å²) >= 11 is 7.23. The minimum atomic E-state index is -3.52. The Labute approximate surface area is 155 Å². The van der Waals surface area contributed by atoms with E-state index < -0.39 is 10.0 Å². The number of carbonyl (C=O) groups excluding carboxylic acids is 1. The molecule has 0 aliphatic carbocycles. The number of halogens is 1. The monoisotopic (exact) mass is 403 g/mol. The van der Waals surface area contributed by atoms with E-state index in [-0.39, 0.29) is 19.0 Å². The topological polar surface area (TPSA) is 108 Å². The highest BCUT2D eigenvalue weighted by Gasteiger charge is 2.20. The maximum atomic E-state index is 12.0. The number of thioether (sulfide) groups is 1. The number of aromatic amines is 1. The number of H-pyrrole nitrogens is 1. The lowest BCUT2D eigenvalue weighted by molar-refractivity contribution is -0.121. The lowest BCUT2D eigenvalue weighted by Gasteiger charge is -2.19. The third-order valence-corrected chi connectivity index (χ3v) is 5.44. The summed E-state index contributed by atoms with van der Waals surface area (Å²) in [7, 11) is -3.52. The first-order valence-corrected chi connectivity index (χ1v) is 10.5. The molecule has 136 valence electrons. The number of carbonyl (C=O) groups is 1. The maximum Gasteiger partial charge on any atom is 0.235 e. The smallest absolute Gasteiger partial charge is 0.235 e. The van der Waals surface area contributed by atoms with Crippen LogP contribution in [0, 0.1) is 0 Å². The van der Waals surface area contributed by atoms with E-state index in [4.69, 9.17) is 11.6 Å². The lowest BCUT2D eigenvalue weighted by Crippen LogP contribution is -2.40. The zero-order valence-corrected chi connectivity index (χ0v) is 15.9. The molecule has 2 rings (SSSR count). The van der Waals surface area contributed by atoms with Gasteiger partial charge >= 0.3 is 0 Å². The average Bonchev–Trinajstić information content (AvgIpc) is 3.05. The SMILES string of the molecule is CS(=O)(=O)N(CC(=O)NCCSc1ncn[nH]1)Cc1ccc(Cl)cc1. The minimum Gasteiger partial charge on any atom is -0.354 e. The van der Waals surface area contributed by atoms with Gasteiger partial charge in [0, 0.05) is 23.9 Å². The van der Waals surface area contributed by atoms with E-state index in [0.29, 0.717) is 22.5 Å². The van der Waals surface area contributed by atoms with E-state index in [1.165, 1.54) is 18.1 Å². The zero-order valence-electron chi connectivity index (χ0n) is 13.5. The van der Waals surface area contributed by atoms with Crippen LogP contribution >= 0.6 is 23.4 Å². The molecule has 1 aromatic carbocycles. The Hall–Kier alpha value is -1.62. The van der Waals surface area contributed by atoms with Crippen molar-refractivity contribution in [2.24, 2.45) is 0 Å². The van der Waals surface area contributed by atoms with E-state index in [0.717, 1.165) is 16.1 Å². The molecule has 0 unspecified atom stereocenters. The first kappa shape index (κ1) is 19.7. The van der Waals surface area contributed by atoms with E-state index in [2.05, 4.69) is 20.5 Å². The van der Waals surface area contributed by atoms with Gasteiger partial charge in [0.1, 0.15) is 6.33 Å². The number of amides is 1. The fraction of sp³-hybridized carbons (Fsp3) is 0.357. The van der Waals surface area contributed by atoms with Crippen molar-refractivity contribution in [3.8, 4) is 0 Å². The van der Waals surface area contributed by atoms with Crippen molar-refractivity contribution in [1.29, 1.82) is 0 Å². The predicted octanol–water partition coefficient (Wildman–Crippen LogP) is 1.13. The van der Waals surface area contributed by atoms with Gasteiger partial charge in [0.2, 0.25) is 15.9 Å². The number of sulfonamides is 1. The van der Waals surface area contributed by atoms with E-state index >= 15 is 0 Å². The number of hydrogen-bond acceptors (Lipinski definition) is 6. The normalized spacial score (nSPS) is 11.6. The van der Waals surface area contributed by atoms with Gasteiger partial charge in [-0.25, -0.2) is 13.4 Å². The number of rotatable bonds is 9. The largest absolute Gasteiger partial charge is 0.354 e. The Morgan fingerprint density at radius 1 is 1.36 bits per heavy atom. The van der Waals surface area contributed by atoms with Crippen LogP contribution in [0.3, 0.4) is 0 Å². The molecular weight excluding hydrogens is 386 g/mol. The highest BCUT2D eigenvalue weighted by atomic mass is 35.5. The van der Waals surface area contributed by atoms with Crippen LogP contribution in [0.1, 0.15) is 5.56 Å². The van der Waals surface area contributed by atoms with Gasteiger partial charge < -0.3 is 5.32 Å². The van der Waals surface area contributed by atoms with E-state index in [1.54, 1.807) is 24.3 Å². The molecule has 2 N–H and O–H groups in total. The summed E-state index contributed by atoms with van der Waals surface area (Å²) in [6.45, 7) is 0.257. The summed E-state index contributed by atoms with van der Waals surface area (Å²) in [5.41, 5.74) is 0.753. The average molecular weight is 404 g/mol. The quantitative estimate of drug-likeness (QED) is 0.480. The molecule has 0 aliphatic rings. The van der Waals surface area contributed by atoms with Gasteiger partial charge in [0.15, 0.2) is 5.16 Å². The fourth-order valence-corrected chi connectivity index (χ4v) is 3.40. The van der Waals surface area contributed by atoms with Gasteiger partial charge in [0.05, 0.1) is 12.8 Å². The number of hydrogen-bond donors (Lipinski definition) is 2. The van der Waals surface area contributed by atoms with E-state index in [1.807, 2.05) is 0 Å². The Kier molecular flexibility index (Phi) is 7.24. The van der Waals surface area contributed by atoms with Crippen LogP contribution in [0.25, 0.3) is 0 Å². The Balaban J connectivity index is 1.83. The fourth-order valence-electron chi connectivity index (χ4n) is 1.90. The molecule has 1 heterocycles. The number of nitrogens with zero attached hydrogens (tertiary/aromatic N) is 3. The van der Waals surface area contributed by atoms with Gasteiger partial charge in [-0.1, -0.05) is 35.5 Å². The summed E-state index contributed by atoms with van der Waals surface area (Å²) in [6, 6.07) is 6.81. The highest BCUT2D eigenvalue weighted by molar-refractivity contribution is 7.99. The molecule has 0 bridgehead atoms. The van der Waals surface area contributed by atoms with Gasteiger partial charge in [-0.05, 0) is 17.7 Å². The van der Waals surface area contributed by atoms with Crippen LogP contribution in [0.15, 0.2) is 35.7 Å². The van der Waals surface area contributed by atoms with Crippen LogP contribution in [0.2, 0.25) is 5.02 Å². The second-order valence-electron chi connectivity index (χ2n) is 5.15. The van der Waals surface area contributed by atoms with Crippen molar-refractivity contribution in [2.45, 2.75) is 11.7 Å². The maximum absolute atomic E-state index is 12.0. The Morgan fingerprint density at radius 2 is 2.08 bits per heavy atom. The Bertz CT molecular complexity index is 781. The van der Waals surface area contributed by atoms with Crippen LogP contribution in [0.5, 0.6) is 0 Å². The van der Waals surface area contributed by atoms with Crippen molar-refractivity contribution >= 4 is 39.3 Å². The molecule has 1 aromatic heterocycles. The van der Waals surface area contributed by atoms with Crippen LogP contribution in [0.4, 0.5) is 0 Å². The molecular formula is C14H18ClN5O3S2. The molecule has 25 heavy (non-hydrogen) atoms. The number of nitrogens with one attached hydrogen (secondary N) is 2. The molecule has 0 aliphatic heterocycles. The lowest BCUT2D eigenvalue weighted by atomic mass is 10.2. The molecule has 8 nitrogen and oxygen atoms in total. The standard InChI is InChI=1S/C14H18ClN5O3S2/c1-25(22,23)20(8-11-2-4-12(15)5-3-11)9-13(21)16-6-7-24-14-17-10-18-19-14/h2-5,10H,6-9H2,1H3,(H,16,21)(H,17,18,19). The third-order valence-electron chi connectivity index (χ3n) is 3.12. The first-order chi connectivity index (χ1) is 11.8. The van der Waals surface area contributed by atoms with Crippen molar-refractivity contribution in [2.75, 3.05) is 25.1 Å². The van der Waals surface area contributed by atoms with Gasteiger partial charge in [-0.3, -0.25) is 9.89 Å². The summed E-state index contributed by atoms with van der Waals surface area (Å²) in [5, 5.41) is 10.3. The first-order valence-electron chi connectivity index (χ1n) is 7.29. The molecule has 1 amide bonds. The van der Waals surface area contributed by atoms with Crippen molar-refractivity contribution in [3.63, 3.8) is 0 Å². The summed E-state index contributed by atoms with van der Waals surface area (Å²) in [5.74, 6) is 0.231. The predicted molar refractivity (Wildman–Crippen MR) is 96.8 cm³/mol. The minimum absolute atomic E-state index is 0.107. The molecule has 0 atom stereocenters. The van der Waals surface area contributed by atoms with Gasteiger partial charge in [-0.15, -0.1) is 0 Å². The summed E-state index contributed by atoms with van der Waals surface area (Å²) in [6.07, 6.45) is 2.48. The second-order valence-corrected chi connectivity index (χ2v) is 8.65.